The van der Waals surface area contributed by atoms with Gasteiger partial charge in [0.25, 0.3) is 0 Å². The Kier molecular flexibility index (Phi) is 4.24. The van der Waals surface area contributed by atoms with E-state index in [1.807, 2.05) is 11.1 Å². The predicted molar refractivity (Wildman–Crippen MR) is 83.4 cm³/mol. The van der Waals surface area contributed by atoms with E-state index in [4.69, 9.17) is 0 Å². The first-order valence-corrected chi connectivity index (χ1v) is 8.14. The van der Waals surface area contributed by atoms with E-state index in [1.54, 1.807) is 17.5 Å². The minimum absolute atomic E-state index is 0.0482. The largest absolute Gasteiger partial charge is 0.338 e. The minimum atomic E-state index is 0.0482. The van der Waals surface area contributed by atoms with Gasteiger partial charge in [-0.05, 0) is 43.9 Å². The van der Waals surface area contributed by atoms with Crippen LogP contribution in [-0.4, -0.2) is 34.2 Å². The average Bonchev–Trinajstić information content (AvgIpc) is 3.18. The number of amides is 2. The molecule has 1 aliphatic rings. The number of aryl methyl sites for hydroxylation is 1. The third-order valence-corrected chi connectivity index (χ3v) is 4.95. The number of carbonyl (C=O) groups excluding carboxylic acids is 1. The molecule has 2 aromatic rings. The summed E-state index contributed by atoms with van der Waals surface area (Å²) in [5.74, 6) is 0. The van der Waals surface area contributed by atoms with Crippen molar-refractivity contribution in [3.05, 3.63) is 39.8 Å². The van der Waals surface area contributed by atoms with Gasteiger partial charge in [0, 0.05) is 29.0 Å². The van der Waals surface area contributed by atoms with Crippen molar-refractivity contribution in [2.75, 3.05) is 13.1 Å². The number of aromatic nitrogens is 2. The van der Waals surface area contributed by atoms with Crippen LogP contribution < -0.4 is 5.32 Å². The zero-order chi connectivity index (χ0) is 14.7. The third-order valence-electron chi connectivity index (χ3n) is 3.85. The Morgan fingerprint density at radius 2 is 2.48 bits per heavy atom. The van der Waals surface area contributed by atoms with Crippen molar-refractivity contribution >= 4 is 17.4 Å². The van der Waals surface area contributed by atoms with Gasteiger partial charge in [-0.3, -0.25) is 5.10 Å². The highest BCUT2D eigenvalue weighted by atomic mass is 32.1. The topological polar surface area (TPSA) is 61.0 Å². The number of aromatic amines is 1. The number of nitrogens with zero attached hydrogens (tertiary/aromatic N) is 2. The maximum Gasteiger partial charge on any atom is 0.317 e. The Balaban J connectivity index is 1.55. The number of rotatable bonds is 4. The van der Waals surface area contributed by atoms with E-state index >= 15 is 0 Å². The van der Waals surface area contributed by atoms with Gasteiger partial charge in [0.15, 0.2) is 0 Å². The predicted octanol–water partition coefficient (Wildman–Crippen LogP) is 2.87. The standard InChI is InChI=1S/C15H20N4OS/c1-11-4-5-14(21-11)13-3-2-8-19(13)15(20)16-7-6-12-9-17-18-10-12/h4-5,9-10,13H,2-3,6-8H2,1H3,(H,16,20)(H,17,18). The molecular weight excluding hydrogens is 284 g/mol. The van der Waals surface area contributed by atoms with Crippen LogP contribution in [0, 0.1) is 6.92 Å². The fraction of sp³-hybridized carbons (Fsp3) is 0.467. The highest BCUT2D eigenvalue weighted by Crippen LogP contribution is 2.35. The number of hydrogen-bond acceptors (Lipinski definition) is 3. The first-order chi connectivity index (χ1) is 10.2. The SMILES string of the molecule is Cc1ccc(C2CCCN2C(=O)NCCc2cn[nH]c2)s1. The summed E-state index contributed by atoms with van der Waals surface area (Å²) in [6, 6.07) is 4.58. The zero-order valence-corrected chi connectivity index (χ0v) is 12.9. The first-order valence-electron chi connectivity index (χ1n) is 7.32. The van der Waals surface area contributed by atoms with Crippen LogP contribution in [0.5, 0.6) is 0 Å². The maximum absolute atomic E-state index is 12.4. The molecule has 6 heteroatoms. The fourth-order valence-corrected chi connectivity index (χ4v) is 3.79. The Bertz CT molecular complexity index is 593. The highest BCUT2D eigenvalue weighted by molar-refractivity contribution is 7.12. The molecule has 1 fully saturated rings. The van der Waals surface area contributed by atoms with Gasteiger partial charge in [-0.15, -0.1) is 11.3 Å². The maximum atomic E-state index is 12.4. The van der Waals surface area contributed by atoms with E-state index in [2.05, 4.69) is 34.6 Å². The lowest BCUT2D eigenvalue weighted by molar-refractivity contribution is 0.194. The molecule has 3 heterocycles. The molecule has 0 bridgehead atoms. The van der Waals surface area contributed by atoms with Gasteiger partial charge in [-0.25, -0.2) is 4.79 Å². The molecule has 2 aromatic heterocycles. The summed E-state index contributed by atoms with van der Waals surface area (Å²) in [5, 5.41) is 9.71. The lowest BCUT2D eigenvalue weighted by atomic mass is 10.2. The van der Waals surface area contributed by atoms with E-state index < -0.39 is 0 Å². The second-order valence-electron chi connectivity index (χ2n) is 5.39. The van der Waals surface area contributed by atoms with Crippen LogP contribution in [0.25, 0.3) is 0 Å². The van der Waals surface area contributed by atoms with Crippen LogP contribution in [0.15, 0.2) is 24.5 Å². The summed E-state index contributed by atoms with van der Waals surface area (Å²) in [7, 11) is 0. The Labute approximate surface area is 128 Å². The van der Waals surface area contributed by atoms with E-state index in [-0.39, 0.29) is 12.1 Å². The van der Waals surface area contributed by atoms with Gasteiger partial charge < -0.3 is 10.2 Å². The molecule has 21 heavy (non-hydrogen) atoms. The number of likely N-dealkylation sites (tertiary alicyclic amines) is 1. The van der Waals surface area contributed by atoms with Crippen molar-refractivity contribution in [2.24, 2.45) is 0 Å². The summed E-state index contributed by atoms with van der Waals surface area (Å²) >= 11 is 1.79. The van der Waals surface area contributed by atoms with E-state index in [9.17, 15) is 4.79 Å². The van der Waals surface area contributed by atoms with Gasteiger partial charge in [0.05, 0.1) is 12.2 Å². The molecule has 3 rings (SSSR count). The van der Waals surface area contributed by atoms with Gasteiger partial charge in [0.2, 0.25) is 0 Å². The lowest BCUT2D eigenvalue weighted by Crippen LogP contribution is -2.40. The van der Waals surface area contributed by atoms with Crippen LogP contribution in [0.2, 0.25) is 0 Å². The molecule has 1 aliphatic heterocycles. The van der Waals surface area contributed by atoms with E-state index in [0.717, 1.165) is 31.4 Å². The van der Waals surface area contributed by atoms with Crippen LogP contribution in [0.1, 0.15) is 34.2 Å². The molecule has 0 aromatic carbocycles. The number of nitrogens with one attached hydrogen (secondary N) is 2. The molecule has 1 saturated heterocycles. The molecule has 0 aliphatic carbocycles. The van der Waals surface area contributed by atoms with Gasteiger partial charge in [-0.1, -0.05) is 0 Å². The van der Waals surface area contributed by atoms with Crippen molar-refractivity contribution in [1.29, 1.82) is 0 Å². The molecule has 0 spiro atoms. The fourth-order valence-electron chi connectivity index (χ4n) is 2.77. The number of carbonyl (C=O) groups is 1. The summed E-state index contributed by atoms with van der Waals surface area (Å²) in [4.78, 5) is 16.9. The lowest BCUT2D eigenvalue weighted by Gasteiger charge is -2.24. The van der Waals surface area contributed by atoms with E-state index in [1.165, 1.54) is 9.75 Å². The van der Waals surface area contributed by atoms with Crippen LogP contribution in [0.3, 0.4) is 0 Å². The molecule has 112 valence electrons. The Morgan fingerprint density at radius 3 is 3.19 bits per heavy atom. The van der Waals surface area contributed by atoms with Crippen LogP contribution in [-0.2, 0) is 6.42 Å². The molecule has 5 nitrogen and oxygen atoms in total. The summed E-state index contributed by atoms with van der Waals surface area (Å²) < 4.78 is 0. The third kappa shape index (κ3) is 3.26. The highest BCUT2D eigenvalue weighted by Gasteiger charge is 2.30. The molecule has 2 N–H and O–H groups in total. The second kappa shape index (κ2) is 6.30. The van der Waals surface area contributed by atoms with Gasteiger partial charge in [0.1, 0.15) is 0 Å². The number of urea groups is 1. The van der Waals surface area contributed by atoms with Crippen LogP contribution in [0.4, 0.5) is 4.79 Å². The first kappa shape index (κ1) is 14.1. The smallest absolute Gasteiger partial charge is 0.317 e. The van der Waals surface area contributed by atoms with Crippen molar-refractivity contribution in [1.82, 2.24) is 20.4 Å². The minimum Gasteiger partial charge on any atom is -0.338 e. The van der Waals surface area contributed by atoms with Gasteiger partial charge in [-0.2, -0.15) is 5.10 Å². The zero-order valence-electron chi connectivity index (χ0n) is 12.1. The number of hydrogen-bond donors (Lipinski definition) is 2. The molecule has 0 saturated carbocycles. The van der Waals surface area contributed by atoms with E-state index in [0.29, 0.717) is 6.54 Å². The van der Waals surface area contributed by atoms with Crippen LogP contribution >= 0.6 is 11.3 Å². The summed E-state index contributed by atoms with van der Waals surface area (Å²) in [6.45, 7) is 3.60. The summed E-state index contributed by atoms with van der Waals surface area (Å²) in [5.41, 5.74) is 1.11. The van der Waals surface area contributed by atoms with Crippen molar-refractivity contribution in [2.45, 2.75) is 32.2 Å². The van der Waals surface area contributed by atoms with Gasteiger partial charge >= 0.3 is 6.03 Å². The van der Waals surface area contributed by atoms with Crippen molar-refractivity contribution in [3.63, 3.8) is 0 Å². The van der Waals surface area contributed by atoms with Crippen molar-refractivity contribution in [3.8, 4) is 0 Å². The Hall–Kier alpha value is -1.82. The number of H-pyrrole nitrogens is 1. The molecule has 1 unspecified atom stereocenters. The second-order valence-corrected chi connectivity index (χ2v) is 6.71. The average molecular weight is 304 g/mol. The molecule has 2 amide bonds. The normalized spacial score (nSPS) is 18.1. The molecule has 0 radical (unpaired) electrons. The summed E-state index contributed by atoms with van der Waals surface area (Å²) in [6.07, 6.45) is 6.60. The Morgan fingerprint density at radius 1 is 1.57 bits per heavy atom. The monoisotopic (exact) mass is 304 g/mol. The number of thiophene rings is 1. The molecular formula is C15H20N4OS. The van der Waals surface area contributed by atoms with Crippen molar-refractivity contribution < 1.29 is 4.79 Å². The molecule has 1 atom stereocenters. The quantitative estimate of drug-likeness (QED) is 0.912.